The molecule has 2 aromatic rings. The zero-order chi connectivity index (χ0) is 16.4. The van der Waals surface area contributed by atoms with Crippen LogP contribution in [0.3, 0.4) is 0 Å². The molecule has 124 valence electrons. The molecule has 3 heterocycles. The maximum atomic E-state index is 12.5. The van der Waals surface area contributed by atoms with Gasteiger partial charge in [-0.15, -0.1) is 0 Å². The van der Waals surface area contributed by atoms with E-state index in [1.165, 1.54) is 0 Å². The van der Waals surface area contributed by atoms with Crippen molar-refractivity contribution < 1.29 is 18.7 Å². The second kappa shape index (κ2) is 6.58. The summed E-state index contributed by atoms with van der Waals surface area (Å²) in [6.07, 6.45) is 2.54. The highest BCUT2D eigenvalue weighted by atomic mass is 16.4. The van der Waals surface area contributed by atoms with Crippen molar-refractivity contribution >= 4 is 5.91 Å². The van der Waals surface area contributed by atoms with E-state index in [2.05, 4.69) is 18.8 Å². The summed E-state index contributed by atoms with van der Waals surface area (Å²) < 4.78 is 11.1. The van der Waals surface area contributed by atoms with Gasteiger partial charge in [0.15, 0.2) is 11.7 Å². The number of rotatable bonds is 5. The monoisotopic (exact) mass is 318 g/mol. The lowest BCUT2D eigenvalue weighted by atomic mass is 10.1. The van der Waals surface area contributed by atoms with E-state index in [-0.39, 0.29) is 18.3 Å². The molecule has 23 heavy (non-hydrogen) atoms. The van der Waals surface area contributed by atoms with Crippen molar-refractivity contribution in [3.05, 3.63) is 41.0 Å². The number of aliphatic hydroxyl groups is 1. The lowest BCUT2D eigenvalue weighted by Crippen LogP contribution is -2.35. The number of hydrogen-bond donors (Lipinski definition) is 1. The largest absolute Gasteiger partial charge is 0.453 e. The molecule has 2 aromatic heterocycles. The molecule has 0 atom stereocenters. The van der Waals surface area contributed by atoms with E-state index in [0.29, 0.717) is 31.2 Å². The van der Waals surface area contributed by atoms with Gasteiger partial charge >= 0.3 is 0 Å². The van der Waals surface area contributed by atoms with Gasteiger partial charge in [0, 0.05) is 19.4 Å². The fraction of sp³-hybridized carbons (Fsp3) is 0.529. The quantitative estimate of drug-likeness (QED) is 0.916. The fourth-order valence-electron chi connectivity index (χ4n) is 2.68. The predicted octanol–water partition coefficient (Wildman–Crippen LogP) is 2.55. The summed E-state index contributed by atoms with van der Waals surface area (Å²) in [4.78, 5) is 18.7. The molecule has 1 aliphatic heterocycles. The number of amides is 1. The zero-order valence-corrected chi connectivity index (χ0v) is 13.5. The van der Waals surface area contributed by atoms with Crippen LogP contribution in [0.15, 0.2) is 21.0 Å². The van der Waals surface area contributed by atoms with Crippen molar-refractivity contribution in [2.24, 2.45) is 5.92 Å². The number of carbonyl (C=O) groups excluding carboxylic acids is 1. The molecule has 1 N–H and O–H groups in total. The molecule has 0 saturated carbocycles. The Morgan fingerprint density at radius 3 is 2.91 bits per heavy atom. The number of furan rings is 1. The molecule has 0 bridgehead atoms. The standard InChI is InChI=1S/C17H22N2O4/c1-11(2)3-6-16-18-13-9-19(8-7-14(13)23-16)17(21)15-5-4-12(10-20)22-15/h4-5,11,20H,3,6-10H2,1-2H3. The maximum absolute atomic E-state index is 12.5. The first-order valence-electron chi connectivity index (χ1n) is 8.03. The van der Waals surface area contributed by atoms with Gasteiger partial charge in [0.05, 0.1) is 6.54 Å². The van der Waals surface area contributed by atoms with Crippen LogP contribution in [0, 0.1) is 5.92 Å². The van der Waals surface area contributed by atoms with Crippen molar-refractivity contribution in [3.63, 3.8) is 0 Å². The number of carbonyl (C=O) groups is 1. The van der Waals surface area contributed by atoms with E-state index >= 15 is 0 Å². The summed E-state index contributed by atoms with van der Waals surface area (Å²) in [7, 11) is 0. The zero-order valence-electron chi connectivity index (χ0n) is 13.5. The van der Waals surface area contributed by atoms with Gasteiger partial charge in [0.25, 0.3) is 5.91 Å². The second-order valence-electron chi connectivity index (χ2n) is 6.31. The minimum atomic E-state index is -0.208. The Balaban J connectivity index is 1.68. The molecular formula is C17H22N2O4. The molecule has 1 aliphatic rings. The first-order valence-corrected chi connectivity index (χ1v) is 8.03. The highest BCUT2D eigenvalue weighted by Crippen LogP contribution is 2.23. The van der Waals surface area contributed by atoms with Gasteiger partial charge in [-0.1, -0.05) is 13.8 Å². The van der Waals surface area contributed by atoms with Gasteiger partial charge in [0.1, 0.15) is 23.8 Å². The van der Waals surface area contributed by atoms with Crippen LogP contribution < -0.4 is 0 Å². The molecule has 0 unspecified atom stereocenters. The topological polar surface area (TPSA) is 79.7 Å². The normalized spacial score (nSPS) is 14.3. The summed E-state index contributed by atoms with van der Waals surface area (Å²) in [6.45, 7) is 5.16. The van der Waals surface area contributed by atoms with Crippen LogP contribution in [0.4, 0.5) is 0 Å². The average Bonchev–Trinajstić information content (AvgIpc) is 3.17. The molecule has 0 spiro atoms. The van der Waals surface area contributed by atoms with Gasteiger partial charge < -0.3 is 18.8 Å². The van der Waals surface area contributed by atoms with Gasteiger partial charge in [-0.25, -0.2) is 4.98 Å². The van der Waals surface area contributed by atoms with Crippen molar-refractivity contribution in [3.8, 4) is 0 Å². The predicted molar refractivity (Wildman–Crippen MR) is 82.7 cm³/mol. The van der Waals surface area contributed by atoms with Gasteiger partial charge in [0.2, 0.25) is 0 Å². The lowest BCUT2D eigenvalue weighted by molar-refractivity contribution is 0.0691. The Morgan fingerprint density at radius 2 is 2.22 bits per heavy atom. The minimum absolute atomic E-state index is 0.179. The van der Waals surface area contributed by atoms with Crippen molar-refractivity contribution in [1.29, 1.82) is 0 Å². The van der Waals surface area contributed by atoms with Gasteiger partial charge in [-0.3, -0.25) is 4.79 Å². The van der Waals surface area contributed by atoms with Crippen LogP contribution in [0.1, 0.15) is 53.9 Å². The molecule has 0 saturated heterocycles. The molecule has 0 radical (unpaired) electrons. The SMILES string of the molecule is CC(C)CCc1nc2c(o1)CCN(C(=O)c1ccc(CO)o1)C2. The third-order valence-electron chi connectivity index (χ3n) is 4.02. The summed E-state index contributed by atoms with van der Waals surface area (Å²) in [5.41, 5.74) is 0.845. The number of oxazole rings is 1. The lowest BCUT2D eigenvalue weighted by Gasteiger charge is -2.24. The Kier molecular flexibility index (Phi) is 4.52. The number of aliphatic hydroxyl groups excluding tert-OH is 1. The van der Waals surface area contributed by atoms with Crippen molar-refractivity contribution in [1.82, 2.24) is 9.88 Å². The molecule has 3 rings (SSSR count). The Bertz CT molecular complexity index is 687. The van der Waals surface area contributed by atoms with Crippen LogP contribution >= 0.6 is 0 Å². The molecule has 1 amide bonds. The molecule has 0 aromatic carbocycles. The van der Waals surface area contributed by atoms with Gasteiger partial charge in [-0.2, -0.15) is 0 Å². The molecule has 0 fully saturated rings. The van der Waals surface area contributed by atoms with E-state index in [1.54, 1.807) is 17.0 Å². The Hall–Kier alpha value is -2.08. The summed E-state index contributed by atoms with van der Waals surface area (Å²) in [5.74, 6) is 2.73. The molecule has 0 aliphatic carbocycles. The number of hydrogen-bond acceptors (Lipinski definition) is 5. The third-order valence-corrected chi connectivity index (χ3v) is 4.02. The first kappa shape index (κ1) is 15.8. The van der Waals surface area contributed by atoms with E-state index in [4.69, 9.17) is 13.9 Å². The summed E-state index contributed by atoms with van der Waals surface area (Å²) in [5, 5.41) is 9.02. The molecule has 6 nitrogen and oxygen atoms in total. The summed E-state index contributed by atoms with van der Waals surface area (Å²) >= 11 is 0. The highest BCUT2D eigenvalue weighted by molar-refractivity contribution is 5.91. The number of aromatic nitrogens is 1. The molecule has 6 heteroatoms. The second-order valence-corrected chi connectivity index (χ2v) is 6.31. The van der Waals surface area contributed by atoms with Gasteiger partial charge in [-0.05, 0) is 24.5 Å². The van der Waals surface area contributed by atoms with E-state index in [1.807, 2.05) is 0 Å². The van der Waals surface area contributed by atoms with Crippen molar-refractivity contribution in [2.75, 3.05) is 6.54 Å². The average molecular weight is 318 g/mol. The first-order chi connectivity index (χ1) is 11.1. The van der Waals surface area contributed by atoms with Crippen LogP contribution in [0.2, 0.25) is 0 Å². The summed E-state index contributed by atoms with van der Waals surface area (Å²) in [6, 6.07) is 3.21. The van der Waals surface area contributed by atoms with Crippen LogP contribution in [-0.2, 0) is 26.0 Å². The number of nitrogens with zero attached hydrogens (tertiary/aromatic N) is 2. The fourth-order valence-corrected chi connectivity index (χ4v) is 2.68. The highest BCUT2D eigenvalue weighted by Gasteiger charge is 2.27. The van der Waals surface area contributed by atoms with Crippen LogP contribution in [0.5, 0.6) is 0 Å². The van der Waals surface area contributed by atoms with E-state index in [0.717, 1.165) is 30.2 Å². The Morgan fingerprint density at radius 1 is 1.39 bits per heavy atom. The van der Waals surface area contributed by atoms with Crippen LogP contribution in [-0.4, -0.2) is 27.4 Å². The van der Waals surface area contributed by atoms with E-state index < -0.39 is 0 Å². The number of aryl methyl sites for hydroxylation is 1. The third kappa shape index (κ3) is 3.47. The van der Waals surface area contributed by atoms with Crippen LogP contribution in [0.25, 0.3) is 0 Å². The van der Waals surface area contributed by atoms with E-state index in [9.17, 15) is 4.79 Å². The molecular weight excluding hydrogens is 296 g/mol. The Labute approximate surface area is 135 Å². The number of fused-ring (bicyclic) bond motifs is 1. The van der Waals surface area contributed by atoms with Crippen molar-refractivity contribution in [2.45, 2.75) is 46.3 Å². The smallest absolute Gasteiger partial charge is 0.289 e. The maximum Gasteiger partial charge on any atom is 0.289 e. The minimum Gasteiger partial charge on any atom is -0.453 e.